The molecular weight excluding hydrogens is 274 g/mol. The molecule has 108 valence electrons. The lowest BCUT2D eigenvalue weighted by atomic mass is 10.0. The Morgan fingerprint density at radius 3 is 2.45 bits per heavy atom. The van der Waals surface area contributed by atoms with Crippen molar-refractivity contribution in [2.45, 2.75) is 19.8 Å². The number of pyridine rings is 2. The highest BCUT2D eigenvalue weighted by Gasteiger charge is 2.10. The average molecular weight is 289 g/mol. The standard InChI is InChI=1S/C18H15N3O/c1-11(2)18-17(22)8-14(10-21-18)13-6-12-7-15(19-3)4-5-16(12)20-9-13/h4-11,22H,1-2H3. The van der Waals surface area contributed by atoms with E-state index in [2.05, 4.69) is 14.8 Å². The van der Waals surface area contributed by atoms with Gasteiger partial charge in [0, 0.05) is 23.5 Å². The van der Waals surface area contributed by atoms with Crippen molar-refractivity contribution >= 4 is 16.6 Å². The van der Waals surface area contributed by atoms with Crippen LogP contribution < -0.4 is 0 Å². The van der Waals surface area contributed by atoms with Crippen LogP contribution in [0.15, 0.2) is 42.7 Å². The van der Waals surface area contributed by atoms with E-state index in [1.807, 2.05) is 32.0 Å². The number of rotatable bonds is 2. The molecule has 1 aromatic carbocycles. The Morgan fingerprint density at radius 1 is 1.05 bits per heavy atom. The van der Waals surface area contributed by atoms with E-state index in [0.717, 1.165) is 22.0 Å². The van der Waals surface area contributed by atoms with Crippen LogP contribution in [0.2, 0.25) is 0 Å². The molecule has 0 bridgehead atoms. The van der Waals surface area contributed by atoms with Crippen LogP contribution in [0.1, 0.15) is 25.5 Å². The first-order valence-corrected chi connectivity index (χ1v) is 7.05. The van der Waals surface area contributed by atoms with Crippen molar-refractivity contribution in [2.24, 2.45) is 0 Å². The molecule has 0 spiro atoms. The molecule has 2 heterocycles. The normalized spacial score (nSPS) is 10.8. The van der Waals surface area contributed by atoms with Crippen LogP contribution in [0.5, 0.6) is 5.75 Å². The van der Waals surface area contributed by atoms with E-state index >= 15 is 0 Å². The van der Waals surface area contributed by atoms with Gasteiger partial charge in [0.05, 0.1) is 17.8 Å². The van der Waals surface area contributed by atoms with Gasteiger partial charge in [-0.15, -0.1) is 0 Å². The lowest BCUT2D eigenvalue weighted by Crippen LogP contribution is -1.94. The lowest BCUT2D eigenvalue weighted by molar-refractivity contribution is 0.460. The van der Waals surface area contributed by atoms with Crippen LogP contribution in [-0.2, 0) is 0 Å². The summed E-state index contributed by atoms with van der Waals surface area (Å²) in [6, 6.07) is 9.08. The van der Waals surface area contributed by atoms with Crippen molar-refractivity contribution in [1.29, 1.82) is 0 Å². The van der Waals surface area contributed by atoms with Crippen LogP contribution in [0.4, 0.5) is 5.69 Å². The van der Waals surface area contributed by atoms with Crippen molar-refractivity contribution in [3.05, 3.63) is 59.8 Å². The monoisotopic (exact) mass is 289 g/mol. The molecular formula is C18H15N3O. The molecule has 0 aliphatic rings. The number of hydrogen-bond acceptors (Lipinski definition) is 3. The highest BCUT2D eigenvalue weighted by Crippen LogP contribution is 2.30. The van der Waals surface area contributed by atoms with Gasteiger partial charge < -0.3 is 5.11 Å². The van der Waals surface area contributed by atoms with Crippen molar-refractivity contribution < 1.29 is 5.11 Å². The summed E-state index contributed by atoms with van der Waals surface area (Å²) in [6.45, 7) is 11.1. The highest BCUT2D eigenvalue weighted by atomic mass is 16.3. The van der Waals surface area contributed by atoms with Crippen molar-refractivity contribution in [3.8, 4) is 16.9 Å². The molecule has 0 unspecified atom stereocenters. The summed E-state index contributed by atoms with van der Waals surface area (Å²) in [7, 11) is 0. The summed E-state index contributed by atoms with van der Waals surface area (Å²) in [4.78, 5) is 12.2. The maximum Gasteiger partial charge on any atom is 0.187 e. The summed E-state index contributed by atoms with van der Waals surface area (Å²) in [6.07, 6.45) is 3.50. The average Bonchev–Trinajstić information content (AvgIpc) is 2.53. The maximum absolute atomic E-state index is 10.1. The minimum absolute atomic E-state index is 0.171. The van der Waals surface area contributed by atoms with Gasteiger partial charge in [-0.2, -0.15) is 0 Å². The summed E-state index contributed by atoms with van der Waals surface area (Å²) in [5, 5.41) is 11.0. The van der Waals surface area contributed by atoms with Crippen LogP contribution >= 0.6 is 0 Å². The number of nitrogens with zero attached hydrogens (tertiary/aromatic N) is 3. The number of hydrogen-bond donors (Lipinski definition) is 1. The minimum atomic E-state index is 0.171. The summed E-state index contributed by atoms with van der Waals surface area (Å²) in [5.74, 6) is 0.368. The first-order valence-electron chi connectivity index (χ1n) is 7.05. The highest BCUT2D eigenvalue weighted by molar-refractivity contribution is 5.86. The fourth-order valence-corrected chi connectivity index (χ4v) is 2.41. The molecule has 0 radical (unpaired) electrons. The first-order chi connectivity index (χ1) is 10.6. The number of aromatic hydroxyl groups is 1. The van der Waals surface area contributed by atoms with Gasteiger partial charge in [-0.1, -0.05) is 19.9 Å². The van der Waals surface area contributed by atoms with Gasteiger partial charge in [-0.3, -0.25) is 9.97 Å². The topological polar surface area (TPSA) is 50.4 Å². The van der Waals surface area contributed by atoms with Gasteiger partial charge in [-0.05, 0) is 35.6 Å². The van der Waals surface area contributed by atoms with Gasteiger partial charge in [0.25, 0.3) is 0 Å². The second-order valence-electron chi connectivity index (χ2n) is 5.50. The Kier molecular flexibility index (Phi) is 3.48. The summed E-state index contributed by atoms with van der Waals surface area (Å²) < 4.78 is 0. The van der Waals surface area contributed by atoms with E-state index in [4.69, 9.17) is 6.57 Å². The Morgan fingerprint density at radius 2 is 1.77 bits per heavy atom. The predicted molar refractivity (Wildman–Crippen MR) is 87.0 cm³/mol. The fourth-order valence-electron chi connectivity index (χ4n) is 2.41. The van der Waals surface area contributed by atoms with Gasteiger partial charge >= 0.3 is 0 Å². The molecule has 0 amide bonds. The predicted octanol–water partition coefficient (Wildman–Crippen LogP) is 4.68. The van der Waals surface area contributed by atoms with Crippen LogP contribution in [0.25, 0.3) is 26.9 Å². The molecule has 22 heavy (non-hydrogen) atoms. The van der Waals surface area contributed by atoms with Crippen molar-refractivity contribution in [1.82, 2.24) is 9.97 Å². The van der Waals surface area contributed by atoms with E-state index in [1.54, 1.807) is 24.5 Å². The molecule has 0 saturated heterocycles. The second-order valence-corrected chi connectivity index (χ2v) is 5.50. The van der Waals surface area contributed by atoms with Gasteiger partial charge in [-0.25, -0.2) is 4.85 Å². The van der Waals surface area contributed by atoms with Gasteiger partial charge in [0.2, 0.25) is 0 Å². The number of aromatic nitrogens is 2. The van der Waals surface area contributed by atoms with Crippen molar-refractivity contribution in [3.63, 3.8) is 0 Å². The molecule has 0 atom stereocenters. The van der Waals surface area contributed by atoms with Gasteiger partial charge in [0.1, 0.15) is 5.75 Å². The zero-order chi connectivity index (χ0) is 15.7. The van der Waals surface area contributed by atoms with E-state index in [0.29, 0.717) is 11.4 Å². The molecule has 0 fully saturated rings. The fraction of sp³-hybridized carbons (Fsp3) is 0.167. The zero-order valence-corrected chi connectivity index (χ0v) is 12.4. The Hall–Kier alpha value is -2.93. The molecule has 4 nitrogen and oxygen atoms in total. The lowest BCUT2D eigenvalue weighted by Gasteiger charge is -2.09. The third kappa shape index (κ3) is 2.49. The smallest absolute Gasteiger partial charge is 0.187 e. The SMILES string of the molecule is [C-]#[N+]c1ccc2ncc(-c3cnc(C(C)C)c(O)c3)cc2c1. The Labute approximate surface area is 128 Å². The zero-order valence-electron chi connectivity index (χ0n) is 12.4. The molecule has 3 aromatic rings. The van der Waals surface area contributed by atoms with Crippen molar-refractivity contribution in [2.75, 3.05) is 0 Å². The van der Waals surface area contributed by atoms with E-state index in [-0.39, 0.29) is 11.7 Å². The minimum Gasteiger partial charge on any atom is -0.506 e. The Balaban J connectivity index is 2.10. The first kappa shape index (κ1) is 14.0. The third-order valence-corrected chi connectivity index (χ3v) is 3.57. The molecule has 3 rings (SSSR count). The molecule has 4 heteroatoms. The Bertz CT molecular complexity index is 894. The van der Waals surface area contributed by atoms with E-state index in [9.17, 15) is 5.11 Å². The molecule has 2 aromatic heterocycles. The van der Waals surface area contributed by atoms with E-state index in [1.165, 1.54) is 0 Å². The molecule has 0 saturated carbocycles. The summed E-state index contributed by atoms with van der Waals surface area (Å²) >= 11 is 0. The van der Waals surface area contributed by atoms with Gasteiger partial charge in [0.15, 0.2) is 5.69 Å². The molecule has 1 N–H and O–H groups in total. The molecule has 0 aliphatic carbocycles. The van der Waals surface area contributed by atoms with E-state index < -0.39 is 0 Å². The molecule has 0 aliphatic heterocycles. The summed E-state index contributed by atoms with van der Waals surface area (Å²) in [5.41, 5.74) is 3.79. The maximum atomic E-state index is 10.1. The van der Waals surface area contributed by atoms with Crippen LogP contribution in [-0.4, -0.2) is 15.1 Å². The van der Waals surface area contributed by atoms with Crippen LogP contribution in [0, 0.1) is 6.57 Å². The second kappa shape index (κ2) is 5.45. The number of fused-ring (bicyclic) bond motifs is 1. The largest absolute Gasteiger partial charge is 0.506 e. The number of benzene rings is 1. The van der Waals surface area contributed by atoms with Crippen LogP contribution in [0.3, 0.4) is 0 Å². The third-order valence-electron chi connectivity index (χ3n) is 3.57. The quantitative estimate of drug-likeness (QED) is 0.697.